The number of nitrogens with zero attached hydrogens (tertiary/aromatic N) is 1. The first-order chi connectivity index (χ1) is 7.31. The zero-order valence-electron chi connectivity index (χ0n) is 10.3. The minimum atomic E-state index is 0.859. The Labute approximate surface area is 94.4 Å². The molecule has 0 aromatic heterocycles. The fourth-order valence-corrected chi connectivity index (χ4v) is 2.86. The SMILES string of the molecule is CCN(CC1CC1C)C1CCCNCC1. The van der Waals surface area contributed by atoms with E-state index in [2.05, 4.69) is 24.1 Å². The van der Waals surface area contributed by atoms with Crippen LogP contribution in [0.5, 0.6) is 0 Å². The molecule has 1 saturated heterocycles. The minimum absolute atomic E-state index is 0.859. The van der Waals surface area contributed by atoms with Crippen molar-refractivity contribution in [1.29, 1.82) is 0 Å². The van der Waals surface area contributed by atoms with Crippen molar-refractivity contribution in [1.82, 2.24) is 10.2 Å². The van der Waals surface area contributed by atoms with Crippen LogP contribution < -0.4 is 5.32 Å². The van der Waals surface area contributed by atoms with Gasteiger partial charge in [-0.25, -0.2) is 0 Å². The fourth-order valence-electron chi connectivity index (χ4n) is 2.86. The van der Waals surface area contributed by atoms with Crippen LogP contribution in [0.1, 0.15) is 39.5 Å². The monoisotopic (exact) mass is 210 g/mol. The van der Waals surface area contributed by atoms with Crippen molar-refractivity contribution in [2.45, 2.75) is 45.6 Å². The molecule has 1 N–H and O–H groups in total. The molecule has 2 nitrogen and oxygen atoms in total. The summed E-state index contributed by atoms with van der Waals surface area (Å²) in [5.41, 5.74) is 0. The van der Waals surface area contributed by atoms with Gasteiger partial charge >= 0.3 is 0 Å². The minimum Gasteiger partial charge on any atom is -0.317 e. The van der Waals surface area contributed by atoms with E-state index in [1.165, 1.54) is 51.9 Å². The van der Waals surface area contributed by atoms with Crippen molar-refractivity contribution in [3.8, 4) is 0 Å². The quantitative estimate of drug-likeness (QED) is 0.764. The number of rotatable bonds is 4. The molecule has 0 spiro atoms. The molecule has 2 fully saturated rings. The van der Waals surface area contributed by atoms with Crippen LogP contribution in [0.25, 0.3) is 0 Å². The Kier molecular flexibility index (Phi) is 4.04. The highest BCUT2D eigenvalue weighted by Crippen LogP contribution is 2.38. The van der Waals surface area contributed by atoms with E-state index in [0.29, 0.717) is 0 Å². The molecule has 0 radical (unpaired) electrons. The Hall–Kier alpha value is -0.0800. The summed E-state index contributed by atoms with van der Waals surface area (Å²) in [5, 5.41) is 3.51. The lowest BCUT2D eigenvalue weighted by molar-refractivity contribution is 0.181. The maximum absolute atomic E-state index is 3.51. The molecule has 88 valence electrons. The number of hydrogen-bond acceptors (Lipinski definition) is 2. The first-order valence-corrected chi connectivity index (χ1v) is 6.76. The van der Waals surface area contributed by atoms with E-state index in [-0.39, 0.29) is 0 Å². The van der Waals surface area contributed by atoms with Gasteiger partial charge in [-0.1, -0.05) is 13.8 Å². The molecule has 1 heterocycles. The van der Waals surface area contributed by atoms with Crippen LogP contribution in [0.4, 0.5) is 0 Å². The van der Waals surface area contributed by atoms with Gasteiger partial charge in [-0.3, -0.25) is 0 Å². The van der Waals surface area contributed by atoms with Gasteiger partial charge in [-0.05, 0) is 57.2 Å². The van der Waals surface area contributed by atoms with Gasteiger partial charge in [-0.15, -0.1) is 0 Å². The van der Waals surface area contributed by atoms with E-state index < -0.39 is 0 Å². The highest BCUT2D eigenvalue weighted by molar-refractivity contribution is 4.87. The average Bonchev–Trinajstić information content (AvgIpc) is 2.98. The zero-order valence-corrected chi connectivity index (χ0v) is 10.3. The summed E-state index contributed by atoms with van der Waals surface area (Å²) in [5.74, 6) is 2.02. The first kappa shape index (κ1) is 11.4. The van der Waals surface area contributed by atoms with Gasteiger partial charge in [0.15, 0.2) is 0 Å². The third-order valence-corrected chi connectivity index (χ3v) is 4.21. The predicted molar refractivity (Wildman–Crippen MR) is 65.0 cm³/mol. The lowest BCUT2D eigenvalue weighted by atomic mass is 10.1. The van der Waals surface area contributed by atoms with E-state index in [1.54, 1.807) is 0 Å². The van der Waals surface area contributed by atoms with Gasteiger partial charge in [0.05, 0.1) is 0 Å². The summed E-state index contributed by atoms with van der Waals surface area (Å²) in [6, 6.07) is 0.859. The summed E-state index contributed by atoms with van der Waals surface area (Å²) >= 11 is 0. The van der Waals surface area contributed by atoms with Crippen LogP contribution in [-0.4, -0.2) is 37.1 Å². The molecule has 3 unspecified atom stereocenters. The fraction of sp³-hybridized carbons (Fsp3) is 1.00. The van der Waals surface area contributed by atoms with Crippen molar-refractivity contribution in [2.24, 2.45) is 11.8 Å². The Morgan fingerprint density at radius 3 is 2.73 bits per heavy atom. The van der Waals surface area contributed by atoms with E-state index in [4.69, 9.17) is 0 Å². The van der Waals surface area contributed by atoms with Crippen molar-refractivity contribution in [3.63, 3.8) is 0 Å². The molecule has 2 aliphatic rings. The maximum atomic E-state index is 3.51. The molecule has 2 heteroatoms. The molecule has 15 heavy (non-hydrogen) atoms. The van der Waals surface area contributed by atoms with Crippen molar-refractivity contribution in [2.75, 3.05) is 26.2 Å². The maximum Gasteiger partial charge on any atom is 0.0108 e. The summed E-state index contributed by atoms with van der Waals surface area (Å²) in [6.07, 6.45) is 5.60. The van der Waals surface area contributed by atoms with E-state index >= 15 is 0 Å². The third kappa shape index (κ3) is 3.18. The van der Waals surface area contributed by atoms with Crippen LogP contribution in [0.3, 0.4) is 0 Å². The summed E-state index contributed by atoms with van der Waals surface area (Å²) in [4.78, 5) is 2.74. The Morgan fingerprint density at radius 2 is 2.07 bits per heavy atom. The van der Waals surface area contributed by atoms with Crippen LogP contribution in [0, 0.1) is 11.8 Å². The molecule has 0 aromatic rings. The Morgan fingerprint density at radius 1 is 1.27 bits per heavy atom. The molecule has 1 saturated carbocycles. The molecular formula is C13H26N2. The highest BCUT2D eigenvalue weighted by Gasteiger charge is 2.35. The van der Waals surface area contributed by atoms with Gasteiger partial charge in [0.25, 0.3) is 0 Å². The zero-order chi connectivity index (χ0) is 10.7. The van der Waals surface area contributed by atoms with Crippen LogP contribution in [0.2, 0.25) is 0 Å². The Bertz CT molecular complexity index is 185. The third-order valence-electron chi connectivity index (χ3n) is 4.21. The largest absolute Gasteiger partial charge is 0.317 e. The molecule has 1 aliphatic carbocycles. The van der Waals surface area contributed by atoms with Gasteiger partial charge in [0, 0.05) is 12.6 Å². The molecule has 0 aromatic carbocycles. The van der Waals surface area contributed by atoms with Crippen LogP contribution in [-0.2, 0) is 0 Å². The lowest BCUT2D eigenvalue weighted by Gasteiger charge is -2.30. The van der Waals surface area contributed by atoms with Gasteiger partial charge in [0.2, 0.25) is 0 Å². The summed E-state index contributed by atoms with van der Waals surface area (Å²) in [6.45, 7) is 9.78. The average molecular weight is 210 g/mol. The van der Waals surface area contributed by atoms with Crippen molar-refractivity contribution >= 4 is 0 Å². The van der Waals surface area contributed by atoms with E-state index in [0.717, 1.165) is 17.9 Å². The van der Waals surface area contributed by atoms with Gasteiger partial charge in [-0.2, -0.15) is 0 Å². The van der Waals surface area contributed by atoms with E-state index in [1.807, 2.05) is 0 Å². The van der Waals surface area contributed by atoms with Crippen molar-refractivity contribution < 1.29 is 0 Å². The Balaban J connectivity index is 1.80. The molecule has 2 rings (SSSR count). The smallest absolute Gasteiger partial charge is 0.0108 e. The number of hydrogen-bond donors (Lipinski definition) is 1. The second kappa shape index (κ2) is 5.31. The lowest BCUT2D eigenvalue weighted by Crippen LogP contribution is -2.37. The normalized spacial score (nSPS) is 36.6. The molecule has 1 aliphatic heterocycles. The second-order valence-corrected chi connectivity index (χ2v) is 5.40. The highest BCUT2D eigenvalue weighted by atomic mass is 15.2. The second-order valence-electron chi connectivity index (χ2n) is 5.40. The topological polar surface area (TPSA) is 15.3 Å². The van der Waals surface area contributed by atoms with E-state index in [9.17, 15) is 0 Å². The van der Waals surface area contributed by atoms with Gasteiger partial charge in [0.1, 0.15) is 0 Å². The van der Waals surface area contributed by atoms with Crippen LogP contribution >= 0.6 is 0 Å². The molecule has 0 amide bonds. The molecule has 3 atom stereocenters. The van der Waals surface area contributed by atoms with Crippen molar-refractivity contribution in [3.05, 3.63) is 0 Å². The predicted octanol–water partition coefficient (Wildman–Crippen LogP) is 2.11. The van der Waals surface area contributed by atoms with Gasteiger partial charge < -0.3 is 10.2 Å². The standard InChI is InChI=1S/C13H26N2/c1-3-15(10-12-9-11(12)2)13-5-4-7-14-8-6-13/h11-14H,3-10H2,1-2H3. The molecular weight excluding hydrogens is 184 g/mol. The molecule has 0 bridgehead atoms. The number of nitrogens with one attached hydrogen (secondary N) is 1. The summed E-state index contributed by atoms with van der Waals surface area (Å²) in [7, 11) is 0. The van der Waals surface area contributed by atoms with Crippen LogP contribution in [0.15, 0.2) is 0 Å². The first-order valence-electron chi connectivity index (χ1n) is 6.76. The summed E-state index contributed by atoms with van der Waals surface area (Å²) < 4.78 is 0.